The van der Waals surface area contributed by atoms with Gasteiger partial charge in [0.15, 0.2) is 11.5 Å². The summed E-state index contributed by atoms with van der Waals surface area (Å²) in [5.41, 5.74) is 0.286. The zero-order valence-corrected chi connectivity index (χ0v) is 11.7. The Morgan fingerprint density at radius 2 is 2.27 bits per heavy atom. The van der Waals surface area contributed by atoms with Crippen LogP contribution >= 0.6 is 0 Å². The number of aromatic nitrogens is 2. The maximum absolute atomic E-state index is 13.3. The molecule has 0 saturated heterocycles. The second-order valence-electron chi connectivity index (χ2n) is 4.79. The third kappa shape index (κ3) is 2.39. The lowest BCUT2D eigenvalue weighted by Crippen LogP contribution is -2.49. The van der Waals surface area contributed by atoms with E-state index in [4.69, 9.17) is 4.74 Å². The second kappa shape index (κ2) is 5.47. The van der Waals surface area contributed by atoms with Gasteiger partial charge in [0.1, 0.15) is 18.4 Å². The van der Waals surface area contributed by atoms with E-state index in [0.717, 1.165) is 6.20 Å². The number of H-pyrrole nitrogens is 1. The monoisotopic (exact) mass is 304 g/mol. The molecule has 1 atom stereocenters. The fourth-order valence-corrected chi connectivity index (χ4v) is 2.22. The zero-order valence-electron chi connectivity index (χ0n) is 11.7. The molecule has 114 valence electrons. The van der Waals surface area contributed by atoms with Gasteiger partial charge in [0.2, 0.25) is 0 Å². The smallest absolute Gasteiger partial charge is 0.273 e. The van der Waals surface area contributed by atoms with Gasteiger partial charge in [0.25, 0.3) is 11.8 Å². The number of halogens is 1. The third-order valence-electron chi connectivity index (χ3n) is 3.39. The average Bonchev–Trinajstić information content (AvgIpc) is 2.91. The summed E-state index contributed by atoms with van der Waals surface area (Å²) in [5, 5.41) is 8.13. The molecule has 0 saturated carbocycles. The van der Waals surface area contributed by atoms with Gasteiger partial charge in [-0.15, -0.1) is 0 Å². The van der Waals surface area contributed by atoms with Gasteiger partial charge in [0, 0.05) is 7.05 Å². The van der Waals surface area contributed by atoms with Crippen LogP contribution in [0.3, 0.4) is 0 Å². The number of benzene rings is 1. The number of anilines is 1. The van der Waals surface area contributed by atoms with Crippen molar-refractivity contribution in [3.8, 4) is 5.75 Å². The van der Waals surface area contributed by atoms with Gasteiger partial charge in [-0.05, 0) is 12.1 Å². The molecule has 1 unspecified atom stereocenters. The molecule has 2 N–H and O–H groups in total. The molecule has 7 nitrogen and oxygen atoms in total. The highest BCUT2D eigenvalue weighted by Crippen LogP contribution is 2.29. The van der Waals surface area contributed by atoms with Crippen molar-refractivity contribution in [1.29, 1.82) is 0 Å². The summed E-state index contributed by atoms with van der Waals surface area (Å²) in [6.45, 7) is -0.0400. The van der Waals surface area contributed by atoms with E-state index in [2.05, 4.69) is 15.5 Å². The standard InChI is InChI=1S/C14H13FN4O3/c1-19-10-4-2-3-5-11(10)22-7-9(14(19)21)17-13(20)12-8(15)6-16-18-12/h2-6,9H,7H2,1H3,(H,16,18)(H,17,20). The minimum absolute atomic E-state index is 0.0400. The van der Waals surface area contributed by atoms with E-state index in [-0.39, 0.29) is 18.2 Å². The molecule has 0 radical (unpaired) electrons. The summed E-state index contributed by atoms with van der Waals surface area (Å²) in [7, 11) is 1.59. The minimum Gasteiger partial charge on any atom is -0.489 e. The van der Waals surface area contributed by atoms with Crippen LogP contribution in [-0.2, 0) is 4.79 Å². The van der Waals surface area contributed by atoms with E-state index in [9.17, 15) is 14.0 Å². The molecular formula is C14H13FN4O3. The van der Waals surface area contributed by atoms with Crippen molar-refractivity contribution in [2.24, 2.45) is 0 Å². The Labute approximate surface area is 125 Å². The van der Waals surface area contributed by atoms with Crippen molar-refractivity contribution in [3.05, 3.63) is 42.0 Å². The van der Waals surface area contributed by atoms with Crippen LogP contribution in [0.15, 0.2) is 30.5 Å². The largest absolute Gasteiger partial charge is 0.489 e. The molecule has 1 aliphatic rings. The molecule has 0 spiro atoms. The highest BCUT2D eigenvalue weighted by Gasteiger charge is 2.31. The lowest BCUT2D eigenvalue weighted by atomic mass is 10.2. The highest BCUT2D eigenvalue weighted by atomic mass is 19.1. The molecule has 0 aliphatic carbocycles. The van der Waals surface area contributed by atoms with E-state index in [0.29, 0.717) is 11.4 Å². The molecule has 2 aromatic rings. The number of likely N-dealkylation sites (N-methyl/N-ethyl adjacent to an activating group) is 1. The number of aromatic amines is 1. The number of rotatable bonds is 2. The molecular weight excluding hydrogens is 291 g/mol. The van der Waals surface area contributed by atoms with E-state index < -0.39 is 17.8 Å². The Balaban J connectivity index is 1.81. The predicted molar refractivity (Wildman–Crippen MR) is 75.1 cm³/mol. The number of carbonyl (C=O) groups excluding carboxylic acids is 2. The third-order valence-corrected chi connectivity index (χ3v) is 3.39. The highest BCUT2D eigenvalue weighted by molar-refractivity contribution is 6.02. The lowest BCUT2D eigenvalue weighted by molar-refractivity contribution is -0.120. The van der Waals surface area contributed by atoms with Gasteiger partial charge in [-0.1, -0.05) is 12.1 Å². The molecule has 1 aromatic carbocycles. The molecule has 2 heterocycles. The fraction of sp³-hybridized carbons (Fsp3) is 0.214. The molecule has 3 rings (SSSR count). The van der Waals surface area contributed by atoms with E-state index >= 15 is 0 Å². The Bertz CT molecular complexity index is 730. The quantitative estimate of drug-likeness (QED) is 0.855. The first-order valence-corrected chi connectivity index (χ1v) is 6.57. The first kappa shape index (κ1) is 14.1. The summed E-state index contributed by atoms with van der Waals surface area (Å²) >= 11 is 0. The topological polar surface area (TPSA) is 87.3 Å². The Morgan fingerprint density at radius 1 is 1.50 bits per heavy atom. The number of hydrogen-bond acceptors (Lipinski definition) is 4. The molecule has 1 aliphatic heterocycles. The summed E-state index contributed by atoms with van der Waals surface area (Å²) in [4.78, 5) is 25.8. The van der Waals surface area contributed by atoms with Crippen molar-refractivity contribution in [2.75, 3.05) is 18.6 Å². The van der Waals surface area contributed by atoms with Crippen LogP contribution in [0.25, 0.3) is 0 Å². The first-order chi connectivity index (χ1) is 10.6. The second-order valence-corrected chi connectivity index (χ2v) is 4.79. The van der Waals surface area contributed by atoms with Crippen LogP contribution in [0, 0.1) is 5.82 Å². The van der Waals surface area contributed by atoms with Crippen LogP contribution in [0.1, 0.15) is 10.5 Å². The summed E-state index contributed by atoms with van der Waals surface area (Å²) in [6.07, 6.45) is 0.891. The van der Waals surface area contributed by atoms with Crippen molar-refractivity contribution in [2.45, 2.75) is 6.04 Å². The van der Waals surface area contributed by atoms with Gasteiger partial charge in [0.05, 0.1) is 11.9 Å². The van der Waals surface area contributed by atoms with Gasteiger partial charge < -0.3 is 15.0 Å². The van der Waals surface area contributed by atoms with E-state index in [1.807, 2.05) is 0 Å². The number of carbonyl (C=O) groups is 2. The summed E-state index contributed by atoms with van der Waals surface area (Å²) in [5.74, 6) is -1.34. The predicted octanol–water partition coefficient (Wildman–Crippen LogP) is 0.703. The van der Waals surface area contributed by atoms with Crippen molar-refractivity contribution in [3.63, 3.8) is 0 Å². The number of fused-ring (bicyclic) bond motifs is 1. The SMILES string of the molecule is CN1C(=O)C(NC(=O)c2[nH]ncc2F)COc2ccccc21. The first-order valence-electron chi connectivity index (χ1n) is 6.57. The maximum atomic E-state index is 13.3. The van der Waals surface area contributed by atoms with E-state index in [1.165, 1.54) is 4.90 Å². The lowest BCUT2D eigenvalue weighted by Gasteiger charge is -2.20. The van der Waals surface area contributed by atoms with Gasteiger partial charge in [-0.3, -0.25) is 14.7 Å². The molecule has 0 bridgehead atoms. The average molecular weight is 304 g/mol. The Kier molecular flexibility index (Phi) is 3.50. The van der Waals surface area contributed by atoms with Crippen molar-refractivity contribution in [1.82, 2.24) is 15.5 Å². The van der Waals surface area contributed by atoms with Crippen molar-refractivity contribution >= 4 is 17.5 Å². The zero-order chi connectivity index (χ0) is 15.7. The summed E-state index contributed by atoms with van der Waals surface area (Å²) < 4.78 is 18.9. The van der Waals surface area contributed by atoms with Gasteiger partial charge in [-0.25, -0.2) is 4.39 Å². The van der Waals surface area contributed by atoms with Crippen LogP contribution in [-0.4, -0.2) is 41.7 Å². The number of amides is 2. The number of hydrogen-bond donors (Lipinski definition) is 2. The normalized spacial score (nSPS) is 17.5. The van der Waals surface area contributed by atoms with Crippen LogP contribution in [0.5, 0.6) is 5.75 Å². The van der Waals surface area contributed by atoms with Crippen LogP contribution in [0.2, 0.25) is 0 Å². The molecule has 22 heavy (non-hydrogen) atoms. The van der Waals surface area contributed by atoms with Crippen LogP contribution in [0.4, 0.5) is 10.1 Å². The fourth-order valence-electron chi connectivity index (χ4n) is 2.22. The number of ether oxygens (including phenoxy) is 1. The van der Waals surface area contributed by atoms with E-state index in [1.54, 1.807) is 31.3 Å². The molecule has 8 heteroatoms. The number of nitrogens with zero attached hydrogens (tertiary/aromatic N) is 2. The Hall–Kier alpha value is -2.90. The number of nitrogens with one attached hydrogen (secondary N) is 2. The van der Waals surface area contributed by atoms with Crippen LogP contribution < -0.4 is 15.0 Å². The van der Waals surface area contributed by atoms with Gasteiger partial charge >= 0.3 is 0 Å². The summed E-state index contributed by atoms with van der Waals surface area (Å²) in [6, 6.07) is 6.12. The Morgan fingerprint density at radius 3 is 3.00 bits per heavy atom. The molecule has 1 aromatic heterocycles. The number of para-hydroxylation sites is 2. The molecule has 0 fully saturated rings. The minimum atomic E-state index is -0.924. The maximum Gasteiger partial charge on any atom is 0.273 e. The van der Waals surface area contributed by atoms with Gasteiger partial charge in [-0.2, -0.15) is 5.10 Å². The van der Waals surface area contributed by atoms with Crippen molar-refractivity contribution < 1.29 is 18.7 Å². The molecule has 2 amide bonds.